The van der Waals surface area contributed by atoms with Gasteiger partial charge in [0.1, 0.15) is 6.04 Å². The van der Waals surface area contributed by atoms with Gasteiger partial charge in [0.2, 0.25) is 23.6 Å². The molecule has 16 heteroatoms. The zero-order chi connectivity index (χ0) is 55.0. The molecular weight excluding hydrogens is 953 g/mol. The molecule has 16 nitrogen and oxygen atoms in total. The van der Waals surface area contributed by atoms with E-state index in [4.69, 9.17) is 28.4 Å². The van der Waals surface area contributed by atoms with Crippen LogP contribution in [-0.4, -0.2) is 163 Å². The van der Waals surface area contributed by atoms with E-state index >= 15 is 4.79 Å². The molecular formula is C59H94N6O10. The first-order valence-corrected chi connectivity index (χ1v) is 28.0. The zero-order valence-electron chi connectivity index (χ0n) is 48.5. The van der Waals surface area contributed by atoms with Crippen molar-refractivity contribution in [3.8, 4) is 23.0 Å². The first kappa shape index (κ1) is 59.6. The summed E-state index contributed by atoms with van der Waals surface area (Å²) >= 11 is 0. The summed E-state index contributed by atoms with van der Waals surface area (Å²) < 4.78 is 35.8. The van der Waals surface area contributed by atoms with Crippen LogP contribution in [0, 0.1) is 35.5 Å². The Labute approximate surface area is 449 Å². The fraction of sp³-hybridized carbons (Fsp3) is 0.729. The molecule has 420 valence electrons. The average Bonchev–Trinajstić information content (AvgIpc) is 3.90. The second-order valence-corrected chi connectivity index (χ2v) is 22.6. The molecule has 0 aromatic heterocycles. The van der Waals surface area contributed by atoms with Gasteiger partial charge in [-0.1, -0.05) is 68.2 Å². The topological polar surface area (TPSA) is 161 Å². The van der Waals surface area contributed by atoms with E-state index in [1.807, 2.05) is 39.5 Å². The van der Waals surface area contributed by atoms with Crippen molar-refractivity contribution in [2.75, 3.05) is 82.9 Å². The van der Waals surface area contributed by atoms with Crippen molar-refractivity contribution in [1.29, 1.82) is 0 Å². The predicted molar refractivity (Wildman–Crippen MR) is 292 cm³/mol. The number of benzene rings is 2. The standard InChI is InChI=1S/C59H94N6O10/c1-17-36(7)55(62(10)59(69)54(35(5)6)61-57(67)53(60-9)34(3)4)51(74-15)32-52(66)64-23-19-20-44(64)56(75-16)37(8)58(68)65-25-22-40-29-48(71-12)50(73-14)31-43(40)46(65)27-41-26-45-42-30-49(72-13)47(70-11)28-39(42)21-24-63(45)33-38(41)18-2/h28-31,34-38,41,44-46,51,53-56,60H,17-27,32-33H2,1-16H3,(H,61,67)/t36-,37+,38-,41+,44?,45?,46+,51+,53-,54-,55-,56+/m0/s1. The van der Waals surface area contributed by atoms with Crippen LogP contribution in [0.5, 0.6) is 23.0 Å². The Morgan fingerprint density at radius 3 is 1.87 bits per heavy atom. The van der Waals surface area contributed by atoms with Gasteiger partial charge < -0.3 is 53.8 Å². The van der Waals surface area contributed by atoms with E-state index in [0.717, 1.165) is 74.2 Å². The van der Waals surface area contributed by atoms with Crippen molar-refractivity contribution >= 4 is 23.6 Å². The number of carbonyl (C=O) groups is 4. The number of hydrogen-bond acceptors (Lipinski definition) is 12. The first-order chi connectivity index (χ1) is 35.9. The van der Waals surface area contributed by atoms with Crippen LogP contribution in [0.25, 0.3) is 0 Å². The third-order valence-electron chi connectivity index (χ3n) is 17.8. The Hall–Kier alpha value is -4.64. The fourth-order valence-corrected chi connectivity index (χ4v) is 13.4. The number of fused-ring (bicyclic) bond motifs is 4. The minimum Gasteiger partial charge on any atom is -0.493 e. The van der Waals surface area contributed by atoms with Crippen LogP contribution in [0.15, 0.2) is 24.3 Å². The molecule has 0 bridgehead atoms. The van der Waals surface area contributed by atoms with Crippen molar-refractivity contribution in [2.24, 2.45) is 35.5 Å². The molecule has 0 radical (unpaired) electrons. The van der Waals surface area contributed by atoms with Gasteiger partial charge in [0, 0.05) is 53.5 Å². The van der Waals surface area contributed by atoms with Gasteiger partial charge in [-0.05, 0) is 122 Å². The summed E-state index contributed by atoms with van der Waals surface area (Å²) in [6.07, 6.45) is 5.39. The molecule has 4 aliphatic rings. The highest BCUT2D eigenvalue weighted by Gasteiger charge is 2.47. The van der Waals surface area contributed by atoms with Crippen molar-refractivity contribution in [2.45, 2.75) is 162 Å². The van der Waals surface area contributed by atoms with Gasteiger partial charge in [-0.3, -0.25) is 24.1 Å². The van der Waals surface area contributed by atoms with Gasteiger partial charge in [-0.2, -0.15) is 0 Å². The lowest BCUT2D eigenvalue weighted by Crippen LogP contribution is -2.59. The Morgan fingerprint density at radius 1 is 0.733 bits per heavy atom. The highest BCUT2D eigenvalue weighted by atomic mass is 16.5. The molecule has 2 aromatic rings. The van der Waals surface area contributed by atoms with E-state index in [9.17, 15) is 14.4 Å². The van der Waals surface area contributed by atoms with Crippen molar-refractivity contribution in [3.63, 3.8) is 0 Å². The van der Waals surface area contributed by atoms with Crippen molar-refractivity contribution in [1.82, 2.24) is 30.2 Å². The van der Waals surface area contributed by atoms with Gasteiger partial charge in [0.25, 0.3) is 0 Å². The Kier molecular flexibility index (Phi) is 21.1. The Bertz CT molecular complexity index is 2260. The third kappa shape index (κ3) is 12.7. The number of methoxy groups -OCH3 is 6. The maximum atomic E-state index is 15.5. The van der Waals surface area contributed by atoms with Gasteiger partial charge in [-0.25, -0.2) is 0 Å². The average molecular weight is 1050 g/mol. The maximum absolute atomic E-state index is 15.5. The molecule has 6 rings (SSSR count). The van der Waals surface area contributed by atoms with E-state index in [1.165, 1.54) is 11.1 Å². The molecule has 4 aliphatic heterocycles. The predicted octanol–water partition coefficient (Wildman–Crippen LogP) is 7.49. The monoisotopic (exact) mass is 1050 g/mol. The molecule has 4 amide bonds. The summed E-state index contributed by atoms with van der Waals surface area (Å²) in [6.45, 7) is 19.2. The number of piperidine rings is 1. The Balaban J connectivity index is 1.26. The highest BCUT2D eigenvalue weighted by molar-refractivity contribution is 5.90. The molecule has 2 saturated heterocycles. The summed E-state index contributed by atoms with van der Waals surface area (Å²) in [7, 11) is 13.5. The van der Waals surface area contributed by atoms with Crippen LogP contribution in [0.2, 0.25) is 0 Å². The second kappa shape index (κ2) is 26.6. The van der Waals surface area contributed by atoms with E-state index in [0.29, 0.717) is 49.3 Å². The SMILES string of the molecule is CC[C@H]1CN2CCc3cc(OC)c(OC)cc3C2C[C@@H]1C[C@@H]1c2cc(OC)c(OC)cc2CCN1C(=O)[C@H](C)[C@@H](OC)C1CCCN1C(=O)C[C@@H](OC)[C@H]([C@@H](C)CC)N(C)C(=O)[C@@H](NC(=O)[C@@H](NC)C(C)C)C(C)C. The molecule has 0 saturated carbocycles. The number of rotatable bonds is 24. The number of carbonyl (C=O) groups excluding carboxylic acids is 4. The number of ether oxygens (including phenoxy) is 6. The lowest BCUT2D eigenvalue weighted by molar-refractivity contribution is -0.150. The molecule has 12 atom stereocenters. The smallest absolute Gasteiger partial charge is 0.245 e. The quantitative estimate of drug-likeness (QED) is 0.107. The number of likely N-dealkylation sites (tertiary alicyclic amines) is 1. The lowest BCUT2D eigenvalue weighted by atomic mass is 9.72. The summed E-state index contributed by atoms with van der Waals surface area (Å²) in [5.41, 5.74) is 4.84. The molecule has 2 N–H and O–H groups in total. The van der Waals surface area contributed by atoms with E-state index in [2.05, 4.69) is 65.5 Å². The molecule has 2 fully saturated rings. The molecule has 2 unspecified atom stereocenters. The van der Waals surface area contributed by atoms with Gasteiger partial charge >= 0.3 is 0 Å². The summed E-state index contributed by atoms with van der Waals surface area (Å²) in [5.74, 6) is 2.21. The van der Waals surface area contributed by atoms with E-state index < -0.39 is 36.3 Å². The highest BCUT2D eigenvalue weighted by Crippen LogP contribution is 2.50. The normalized spacial score (nSPS) is 23.5. The molecule has 0 spiro atoms. The number of nitrogens with one attached hydrogen (secondary N) is 2. The maximum Gasteiger partial charge on any atom is 0.245 e. The molecule has 0 aliphatic carbocycles. The number of likely N-dealkylation sites (N-methyl/N-ethyl adjacent to an activating group) is 2. The molecule has 4 heterocycles. The van der Waals surface area contributed by atoms with Crippen LogP contribution in [0.1, 0.15) is 135 Å². The summed E-state index contributed by atoms with van der Waals surface area (Å²) in [4.78, 5) is 66.6. The van der Waals surface area contributed by atoms with Crippen LogP contribution >= 0.6 is 0 Å². The second-order valence-electron chi connectivity index (χ2n) is 22.6. The van der Waals surface area contributed by atoms with Crippen LogP contribution in [0.4, 0.5) is 0 Å². The first-order valence-electron chi connectivity index (χ1n) is 28.0. The zero-order valence-corrected chi connectivity index (χ0v) is 48.5. The van der Waals surface area contributed by atoms with Gasteiger partial charge in [0.15, 0.2) is 23.0 Å². The largest absolute Gasteiger partial charge is 0.493 e. The number of hydrogen-bond donors (Lipinski definition) is 2. The van der Waals surface area contributed by atoms with Crippen LogP contribution in [-0.2, 0) is 41.5 Å². The lowest BCUT2D eigenvalue weighted by Gasteiger charge is -2.49. The summed E-state index contributed by atoms with van der Waals surface area (Å²) in [6, 6.07) is 6.45. The molecule has 2 aromatic carbocycles. The van der Waals surface area contributed by atoms with Crippen molar-refractivity contribution < 1.29 is 47.6 Å². The minimum absolute atomic E-state index is 0.00452. The number of amides is 4. The number of nitrogens with zero attached hydrogens (tertiary/aromatic N) is 4. The third-order valence-corrected chi connectivity index (χ3v) is 17.8. The minimum atomic E-state index is -0.774. The van der Waals surface area contributed by atoms with E-state index in [-0.39, 0.29) is 65.9 Å². The molecule has 75 heavy (non-hydrogen) atoms. The summed E-state index contributed by atoms with van der Waals surface area (Å²) in [5, 5.41) is 6.13. The fourth-order valence-electron chi connectivity index (χ4n) is 13.4. The Morgan fingerprint density at radius 2 is 1.32 bits per heavy atom. The van der Waals surface area contributed by atoms with Crippen LogP contribution < -0.4 is 29.6 Å². The van der Waals surface area contributed by atoms with Gasteiger partial charge in [-0.15, -0.1) is 0 Å². The van der Waals surface area contributed by atoms with Crippen LogP contribution in [0.3, 0.4) is 0 Å². The van der Waals surface area contributed by atoms with Gasteiger partial charge in [0.05, 0.1) is 77.2 Å². The van der Waals surface area contributed by atoms with E-state index in [1.54, 1.807) is 61.7 Å². The van der Waals surface area contributed by atoms with Crippen molar-refractivity contribution in [3.05, 3.63) is 46.5 Å².